The zero-order valence-corrected chi connectivity index (χ0v) is 11.1. The Kier molecular flexibility index (Phi) is 4.36. The predicted molar refractivity (Wildman–Crippen MR) is 68.9 cm³/mol. The molecule has 8 heteroatoms. The van der Waals surface area contributed by atoms with Crippen LogP contribution in [0, 0.1) is 16.0 Å². The summed E-state index contributed by atoms with van der Waals surface area (Å²) >= 11 is 0. The van der Waals surface area contributed by atoms with Crippen LogP contribution in [-0.2, 0) is 6.18 Å². The zero-order chi connectivity index (χ0) is 15.6. The van der Waals surface area contributed by atoms with Crippen molar-refractivity contribution >= 4 is 5.69 Å². The largest absolute Gasteiger partial charge is 0.483 e. The van der Waals surface area contributed by atoms with Crippen LogP contribution in [0.2, 0.25) is 0 Å². The Morgan fingerprint density at radius 1 is 1.38 bits per heavy atom. The number of nitro groups is 1. The van der Waals surface area contributed by atoms with Gasteiger partial charge >= 0.3 is 11.9 Å². The van der Waals surface area contributed by atoms with Gasteiger partial charge < -0.3 is 10.5 Å². The molecule has 1 aliphatic rings. The maximum atomic E-state index is 12.6. The molecule has 2 N–H and O–H groups in total. The molecule has 2 atom stereocenters. The fraction of sp³-hybridized carbons (Fsp3) is 0.538. The molecule has 0 aliphatic heterocycles. The minimum atomic E-state index is -4.63. The Morgan fingerprint density at radius 3 is 2.67 bits per heavy atom. The molecule has 0 aromatic heterocycles. The number of hydrogen-bond donors (Lipinski definition) is 1. The molecular weight excluding hydrogens is 289 g/mol. The molecule has 21 heavy (non-hydrogen) atoms. The van der Waals surface area contributed by atoms with E-state index in [-0.39, 0.29) is 17.8 Å². The van der Waals surface area contributed by atoms with E-state index in [1.807, 2.05) is 0 Å². The van der Waals surface area contributed by atoms with Crippen LogP contribution in [0.15, 0.2) is 18.2 Å². The maximum absolute atomic E-state index is 12.6. The highest BCUT2D eigenvalue weighted by molar-refractivity contribution is 5.49. The number of nitrogens with zero attached hydrogens (tertiary/aromatic N) is 1. The van der Waals surface area contributed by atoms with E-state index in [1.54, 1.807) is 0 Å². The van der Waals surface area contributed by atoms with E-state index >= 15 is 0 Å². The van der Waals surface area contributed by atoms with Crippen molar-refractivity contribution in [3.63, 3.8) is 0 Å². The van der Waals surface area contributed by atoms with Crippen LogP contribution >= 0.6 is 0 Å². The predicted octanol–water partition coefficient (Wildman–Crippen LogP) is 3.12. The first-order valence-corrected chi connectivity index (χ1v) is 6.55. The maximum Gasteiger partial charge on any atom is 0.416 e. The molecule has 0 heterocycles. The third kappa shape index (κ3) is 3.44. The smallest absolute Gasteiger partial charge is 0.416 e. The number of alkyl halides is 3. The highest BCUT2D eigenvalue weighted by Gasteiger charge is 2.35. The van der Waals surface area contributed by atoms with Crippen LogP contribution in [0.3, 0.4) is 0 Å². The quantitative estimate of drug-likeness (QED) is 0.684. The average Bonchev–Trinajstić information content (AvgIpc) is 2.84. The van der Waals surface area contributed by atoms with Gasteiger partial charge in [-0.05, 0) is 37.9 Å². The molecule has 1 fully saturated rings. The van der Waals surface area contributed by atoms with Crippen LogP contribution in [0.4, 0.5) is 18.9 Å². The molecule has 0 amide bonds. The third-order valence-electron chi connectivity index (χ3n) is 3.65. The van der Waals surface area contributed by atoms with Crippen molar-refractivity contribution in [2.75, 3.05) is 6.54 Å². The Bertz CT molecular complexity index is 534. The van der Waals surface area contributed by atoms with Crippen molar-refractivity contribution in [3.05, 3.63) is 33.9 Å². The first kappa shape index (κ1) is 15.6. The van der Waals surface area contributed by atoms with E-state index in [0.29, 0.717) is 19.0 Å². The van der Waals surface area contributed by atoms with E-state index in [2.05, 4.69) is 0 Å². The molecule has 1 aliphatic carbocycles. The number of ether oxygens (including phenoxy) is 1. The van der Waals surface area contributed by atoms with Crippen LogP contribution in [-0.4, -0.2) is 17.6 Å². The van der Waals surface area contributed by atoms with Gasteiger partial charge in [-0.2, -0.15) is 13.2 Å². The van der Waals surface area contributed by atoms with Gasteiger partial charge in [0.25, 0.3) is 0 Å². The molecule has 116 valence electrons. The minimum Gasteiger partial charge on any atom is -0.483 e. The molecule has 1 aromatic rings. The van der Waals surface area contributed by atoms with Gasteiger partial charge in [0, 0.05) is 12.0 Å². The molecule has 1 saturated carbocycles. The van der Waals surface area contributed by atoms with Crippen LogP contribution in [0.1, 0.15) is 24.8 Å². The van der Waals surface area contributed by atoms with Crippen molar-refractivity contribution in [1.29, 1.82) is 0 Å². The Morgan fingerprint density at radius 2 is 2.10 bits per heavy atom. The second-order valence-electron chi connectivity index (χ2n) is 5.02. The number of rotatable bonds is 4. The summed E-state index contributed by atoms with van der Waals surface area (Å²) in [7, 11) is 0. The summed E-state index contributed by atoms with van der Waals surface area (Å²) in [5.74, 6) is -0.0646. The van der Waals surface area contributed by atoms with Gasteiger partial charge in [0.05, 0.1) is 10.5 Å². The van der Waals surface area contributed by atoms with Crippen molar-refractivity contribution in [2.24, 2.45) is 11.7 Å². The third-order valence-corrected chi connectivity index (χ3v) is 3.65. The van der Waals surface area contributed by atoms with E-state index < -0.39 is 22.4 Å². The van der Waals surface area contributed by atoms with E-state index in [1.165, 1.54) is 0 Å². The van der Waals surface area contributed by atoms with Gasteiger partial charge in [0.15, 0.2) is 5.75 Å². The Labute approximate surface area is 119 Å². The van der Waals surface area contributed by atoms with Gasteiger partial charge in [-0.1, -0.05) is 0 Å². The number of halogens is 3. The lowest BCUT2D eigenvalue weighted by atomic mass is 10.1. The molecule has 0 saturated heterocycles. The number of hydrogen-bond acceptors (Lipinski definition) is 4. The number of nitro benzene ring substituents is 1. The fourth-order valence-corrected chi connectivity index (χ4v) is 2.53. The van der Waals surface area contributed by atoms with Gasteiger partial charge in [-0.15, -0.1) is 0 Å². The fourth-order valence-electron chi connectivity index (χ4n) is 2.53. The molecule has 0 spiro atoms. The number of benzene rings is 1. The lowest BCUT2D eigenvalue weighted by molar-refractivity contribution is -0.386. The summed E-state index contributed by atoms with van der Waals surface area (Å²) in [5, 5.41) is 11.0. The van der Waals surface area contributed by atoms with Crippen LogP contribution in [0.5, 0.6) is 5.75 Å². The topological polar surface area (TPSA) is 78.4 Å². The van der Waals surface area contributed by atoms with Gasteiger partial charge in [-0.3, -0.25) is 10.1 Å². The standard InChI is InChI=1S/C13H15F3N2O3/c14-13(15,16)9-4-5-12(10(6-9)18(19)20)21-11-3-1-2-8(11)7-17/h4-6,8,11H,1-3,7,17H2. The highest BCUT2D eigenvalue weighted by atomic mass is 19.4. The molecular formula is C13H15F3N2O3. The van der Waals surface area contributed by atoms with E-state index in [0.717, 1.165) is 25.0 Å². The summed E-state index contributed by atoms with van der Waals surface area (Å²) in [5.41, 5.74) is 3.85. The average molecular weight is 304 g/mol. The Hall–Kier alpha value is -1.83. The van der Waals surface area contributed by atoms with Gasteiger partial charge in [0.1, 0.15) is 6.10 Å². The van der Waals surface area contributed by atoms with Crippen LogP contribution in [0.25, 0.3) is 0 Å². The van der Waals surface area contributed by atoms with Crippen molar-refractivity contribution in [2.45, 2.75) is 31.5 Å². The first-order valence-electron chi connectivity index (χ1n) is 6.55. The van der Waals surface area contributed by atoms with Crippen molar-refractivity contribution in [1.82, 2.24) is 0 Å². The summed E-state index contributed by atoms with van der Waals surface area (Å²) in [6.07, 6.45) is -2.47. The monoisotopic (exact) mass is 304 g/mol. The summed E-state index contributed by atoms with van der Waals surface area (Å²) in [4.78, 5) is 10.1. The van der Waals surface area contributed by atoms with Gasteiger partial charge in [-0.25, -0.2) is 0 Å². The molecule has 2 unspecified atom stereocenters. The summed E-state index contributed by atoms with van der Waals surface area (Å²) < 4.78 is 43.4. The molecule has 2 rings (SSSR count). The van der Waals surface area contributed by atoms with Crippen molar-refractivity contribution in [3.8, 4) is 5.75 Å². The zero-order valence-electron chi connectivity index (χ0n) is 11.1. The van der Waals surface area contributed by atoms with Gasteiger partial charge in [0.2, 0.25) is 0 Å². The molecule has 0 bridgehead atoms. The van der Waals surface area contributed by atoms with Crippen molar-refractivity contribution < 1.29 is 22.8 Å². The second kappa shape index (κ2) is 5.88. The molecule has 1 aromatic carbocycles. The van der Waals surface area contributed by atoms with E-state index in [4.69, 9.17) is 10.5 Å². The van der Waals surface area contributed by atoms with E-state index in [9.17, 15) is 23.3 Å². The first-order chi connectivity index (χ1) is 9.82. The molecule has 5 nitrogen and oxygen atoms in total. The summed E-state index contributed by atoms with van der Waals surface area (Å²) in [6, 6.07) is 2.29. The minimum absolute atomic E-state index is 0.0758. The lowest BCUT2D eigenvalue weighted by Crippen LogP contribution is -2.27. The highest BCUT2D eigenvalue weighted by Crippen LogP contribution is 2.38. The lowest BCUT2D eigenvalue weighted by Gasteiger charge is -2.20. The summed E-state index contributed by atoms with van der Waals surface area (Å²) in [6.45, 7) is 0.388. The molecule has 0 radical (unpaired) electrons. The SMILES string of the molecule is NCC1CCCC1Oc1ccc(C(F)(F)F)cc1[N+](=O)[O-]. The normalized spacial score (nSPS) is 22.3. The Balaban J connectivity index is 2.29. The second-order valence-corrected chi connectivity index (χ2v) is 5.02. The van der Waals surface area contributed by atoms with Crippen LogP contribution < -0.4 is 10.5 Å². The number of nitrogens with two attached hydrogens (primary N) is 1.